The molecule has 0 bridgehead atoms. The molecule has 3 aromatic rings. The van der Waals surface area contributed by atoms with Crippen molar-refractivity contribution < 1.29 is 32.6 Å². The Balaban J connectivity index is 2.02. The number of halogens is 3. The van der Waals surface area contributed by atoms with Crippen LogP contribution in [0.1, 0.15) is 63.3 Å². The molecule has 7 nitrogen and oxygen atoms in total. The lowest BCUT2D eigenvalue weighted by Crippen LogP contribution is -2.17. The largest absolute Gasteiger partial charge is 0.478 e. The van der Waals surface area contributed by atoms with Crippen molar-refractivity contribution in [3.05, 3.63) is 82.4 Å². The first-order chi connectivity index (χ1) is 16.7. The Bertz CT molecular complexity index is 1190. The van der Waals surface area contributed by atoms with Crippen LogP contribution in [-0.4, -0.2) is 33.7 Å². The molecular weight excluding hydrogens is 463 g/mol. The molecule has 0 amide bonds. The van der Waals surface area contributed by atoms with Crippen molar-refractivity contribution in [2.75, 3.05) is 12.4 Å². The van der Waals surface area contributed by atoms with Gasteiger partial charge in [0.05, 0.1) is 30.5 Å². The first-order valence-electron chi connectivity index (χ1n) is 11.0. The second-order valence-electron chi connectivity index (χ2n) is 7.90. The summed E-state index contributed by atoms with van der Waals surface area (Å²) in [7, 11) is 1.27. The number of carbonyl (C=O) groups excluding carboxylic acids is 1. The number of imidazole rings is 1. The highest BCUT2D eigenvalue weighted by molar-refractivity contribution is 5.94. The number of aryl methyl sites for hydroxylation is 1. The molecule has 186 valence electrons. The third-order valence-electron chi connectivity index (χ3n) is 5.49. The number of rotatable bonds is 10. The van der Waals surface area contributed by atoms with Crippen molar-refractivity contribution in [1.29, 1.82) is 0 Å². The second-order valence-corrected chi connectivity index (χ2v) is 7.90. The van der Waals surface area contributed by atoms with E-state index < -0.39 is 23.8 Å². The number of unbranched alkanes of at least 4 members (excludes halogenated alkanes) is 1. The minimum absolute atomic E-state index is 0.0447. The summed E-state index contributed by atoms with van der Waals surface area (Å²) in [6, 6.07) is 12.4. The van der Waals surface area contributed by atoms with E-state index in [9.17, 15) is 27.9 Å². The summed E-state index contributed by atoms with van der Waals surface area (Å²) >= 11 is 0. The second kappa shape index (κ2) is 11.1. The zero-order chi connectivity index (χ0) is 25.6. The third-order valence-corrected chi connectivity index (χ3v) is 5.49. The zero-order valence-corrected chi connectivity index (χ0v) is 19.4. The maximum absolute atomic E-state index is 14.0. The highest BCUT2D eigenvalue weighted by Gasteiger charge is 2.38. The molecule has 0 saturated carbocycles. The van der Waals surface area contributed by atoms with Crippen LogP contribution in [0.5, 0.6) is 0 Å². The van der Waals surface area contributed by atoms with Gasteiger partial charge in [-0.05, 0) is 36.2 Å². The van der Waals surface area contributed by atoms with Gasteiger partial charge in [0.2, 0.25) is 0 Å². The van der Waals surface area contributed by atoms with Gasteiger partial charge < -0.3 is 19.7 Å². The molecule has 0 atom stereocenters. The maximum Gasteiger partial charge on any atom is 0.435 e. The molecule has 10 heteroatoms. The number of hydrogen-bond acceptors (Lipinski definition) is 5. The Morgan fingerprint density at radius 1 is 1.11 bits per heavy atom. The number of anilines is 1. The molecule has 0 saturated heterocycles. The van der Waals surface area contributed by atoms with Crippen LogP contribution in [-0.2, 0) is 30.4 Å². The Morgan fingerprint density at radius 3 is 2.40 bits per heavy atom. The molecule has 0 spiro atoms. The van der Waals surface area contributed by atoms with E-state index in [1.54, 1.807) is 36.4 Å². The molecule has 0 unspecified atom stereocenters. The van der Waals surface area contributed by atoms with Gasteiger partial charge in [0.25, 0.3) is 0 Å². The van der Waals surface area contributed by atoms with E-state index in [4.69, 9.17) is 0 Å². The number of benzene rings is 2. The summed E-state index contributed by atoms with van der Waals surface area (Å²) in [5.74, 6) is -1.41. The van der Waals surface area contributed by atoms with Crippen LogP contribution in [0.15, 0.2) is 48.5 Å². The number of esters is 1. The van der Waals surface area contributed by atoms with E-state index in [2.05, 4.69) is 15.0 Å². The summed E-state index contributed by atoms with van der Waals surface area (Å²) < 4.78 is 48.1. The highest BCUT2D eigenvalue weighted by Crippen LogP contribution is 2.33. The first kappa shape index (κ1) is 25.8. The molecular formula is C25H26F3N3O4. The number of methoxy groups -OCH3 is 1. The lowest BCUT2D eigenvalue weighted by molar-refractivity contribution is -0.141. The summed E-state index contributed by atoms with van der Waals surface area (Å²) in [4.78, 5) is 27.2. The Labute approximate surface area is 200 Å². The summed E-state index contributed by atoms with van der Waals surface area (Å²) in [5.41, 5.74) is 0.0658. The van der Waals surface area contributed by atoms with Crippen molar-refractivity contribution in [3.8, 4) is 0 Å². The molecule has 2 aromatic carbocycles. The highest BCUT2D eigenvalue weighted by atomic mass is 19.4. The molecule has 0 aliphatic carbocycles. The average Bonchev–Trinajstić information content (AvgIpc) is 3.18. The minimum atomic E-state index is -4.69. The molecule has 0 radical (unpaired) electrons. The van der Waals surface area contributed by atoms with Crippen LogP contribution in [0.4, 0.5) is 18.9 Å². The predicted octanol–water partition coefficient (Wildman–Crippen LogP) is 5.39. The van der Waals surface area contributed by atoms with Crippen LogP contribution < -0.4 is 5.32 Å². The molecule has 0 fully saturated rings. The first-order valence-corrected chi connectivity index (χ1v) is 11.0. The average molecular weight is 489 g/mol. The summed E-state index contributed by atoms with van der Waals surface area (Å²) in [5, 5.41) is 12.3. The molecule has 1 aromatic heterocycles. The Morgan fingerprint density at radius 2 is 1.80 bits per heavy atom. The van der Waals surface area contributed by atoms with Crippen molar-refractivity contribution >= 4 is 17.6 Å². The van der Waals surface area contributed by atoms with Crippen molar-refractivity contribution in [2.24, 2.45) is 0 Å². The zero-order valence-electron chi connectivity index (χ0n) is 19.4. The van der Waals surface area contributed by atoms with Crippen molar-refractivity contribution in [3.63, 3.8) is 0 Å². The summed E-state index contributed by atoms with van der Waals surface area (Å²) in [6.45, 7) is 1.76. The van der Waals surface area contributed by atoms with Crippen LogP contribution in [0.25, 0.3) is 0 Å². The molecule has 0 aliphatic rings. The van der Waals surface area contributed by atoms with Gasteiger partial charge in [0.1, 0.15) is 5.82 Å². The quantitative estimate of drug-likeness (QED) is 0.371. The van der Waals surface area contributed by atoms with Gasteiger partial charge in [-0.25, -0.2) is 14.6 Å². The number of para-hydroxylation sites is 1. The van der Waals surface area contributed by atoms with Gasteiger partial charge >= 0.3 is 18.1 Å². The smallest absolute Gasteiger partial charge is 0.435 e. The predicted molar refractivity (Wildman–Crippen MR) is 123 cm³/mol. The molecule has 0 aliphatic heterocycles. The van der Waals surface area contributed by atoms with E-state index in [-0.39, 0.29) is 30.0 Å². The SMILES string of the molecule is CCCCc1nc(C(F)(F)F)c(CNc2ccccc2C(=O)O)n1Cc1ccc(C(=O)OC)cc1. The fourth-order valence-corrected chi connectivity index (χ4v) is 3.71. The molecule has 35 heavy (non-hydrogen) atoms. The van der Waals surface area contributed by atoms with E-state index in [0.717, 1.165) is 6.42 Å². The van der Waals surface area contributed by atoms with Crippen molar-refractivity contribution in [2.45, 2.75) is 45.5 Å². The van der Waals surface area contributed by atoms with E-state index in [1.807, 2.05) is 6.92 Å². The molecule has 1 heterocycles. The lowest BCUT2D eigenvalue weighted by Gasteiger charge is -2.16. The summed E-state index contributed by atoms with van der Waals surface area (Å²) in [6.07, 6.45) is -2.90. The van der Waals surface area contributed by atoms with Crippen LogP contribution in [0.2, 0.25) is 0 Å². The van der Waals surface area contributed by atoms with Gasteiger partial charge in [0.15, 0.2) is 5.69 Å². The standard InChI is InChI=1S/C25H26F3N3O4/c1-3-4-9-21-30-22(25(26,27)28)20(14-29-19-8-6-5-7-18(19)23(32)33)31(21)15-16-10-12-17(13-11-16)24(34)35-2/h5-8,10-13,29H,3-4,9,14-15H2,1-2H3,(H,32,33). The molecule has 2 N–H and O–H groups in total. The number of aromatic nitrogens is 2. The number of hydrogen-bond donors (Lipinski definition) is 2. The number of nitrogens with one attached hydrogen (secondary N) is 1. The van der Waals surface area contributed by atoms with Crippen LogP contribution >= 0.6 is 0 Å². The van der Waals surface area contributed by atoms with Crippen LogP contribution in [0.3, 0.4) is 0 Å². The van der Waals surface area contributed by atoms with E-state index >= 15 is 0 Å². The van der Waals surface area contributed by atoms with Crippen molar-refractivity contribution in [1.82, 2.24) is 9.55 Å². The number of carboxylic acids is 1. The van der Waals surface area contributed by atoms with Gasteiger partial charge in [-0.15, -0.1) is 0 Å². The number of alkyl halides is 3. The number of ether oxygens (including phenoxy) is 1. The van der Waals surface area contributed by atoms with Gasteiger partial charge in [-0.1, -0.05) is 37.6 Å². The van der Waals surface area contributed by atoms with Crippen LogP contribution in [0, 0.1) is 0 Å². The number of carbonyl (C=O) groups is 2. The van der Waals surface area contributed by atoms with Gasteiger partial charge in [0, 0.05) is 18.7 Å². The fraction of sp³-hybridized carbons (Fsp3) is 0.320. The maximum atomic E-state index is 14.0. The Kier molecular flexibility index (Phi) is 8.16. The third kappa shape index (κ3) is 6.20. The monoisotopic (exact) mass is 489 g/mol. The van der Waals surface area contributed by atoms with Gasteiger partial charge in [-0.2, -0.15) is 13.2 Å². The number of carboxylic acid groups (broad SMARTS) is 1. The van der Waals surface area contributed by atoms with E-state index in [0.29, 0.717) is 29.8 Å². The fourth-order valence-electron chi connectivity index (χ4n) is 3.71. The van der Waals surface area contributed by atoms with Gasteiger partial charge in [-0.3, -0.25) is 0 Å². The Hall–Kier alpha value is -3.82. The number of aromatic carboxylic acids is 1. The minimum Gasteiger partial charge on any atom is -0.478 e. The molecule has 3 rings (SSSR count). The van der Waals surface area contributed by atoms with E-state index in [1.165, 1.54) is 23.8 Å². The normalized spacial score (nSPS) is 11.3. The lowest BCUT2D eigenvalue weighted by atomic mass is 10.1. The topological polar surface area (TPSA) is 93.5 Å². The number of nitrogens with zero attached hydrogens (tertiary/aromatic N) is 2.